The maximum Gasteiger partial charge on any atom is 0.269 e. The van der Waals surface area contributed by atoms with E-state index in [9.17, 15) is 14.9 Å². The number of nitro benzene ring substituents is 1. The molecular weight excluding hydrogens is 388 g/mol. The third-order valence-electron chi connectivity index (χ3n) is 5.65. The van der Waals surface area contributed by atoms with Crippen LogP contribution in [0.1, 0.15) is 25.2 Å². The first kappa shape index (κ1) is 20.4. The van der Waals surface area contributed by atoms with E-state index in [0.717, 1.165) is 58.5 Å². The first-order valence-corrected chi connectivity index (χ1v) is 10.4. The van der Waals surface area contributed by atoms with E-state index in [1.54, 1.807) is 12.1 Å². The molecule has 2 aromatic rings. The van der Waals surface area contributed by atoms with Gasteiger partial charge in [-0.3, -0.25) is 24.7 Å². The molecule has 0 N–H and O–H groups in total. The number of aromatic nitrogens is 2. The fraction of sp³-hybridized carbons (Fsp3) is 0.550. The normalized spacial score (nSPS) is 18.5. The highest BCUT2D eigenvalue weighted by molar-refractivity contribution is 5.78. The van der Waals surface area contributed by atoms with Crippen molar-refractivity contribution < 1.29 is 14.1 Å². The summed E-state index contributed by atoms with van der Waals surface area (Å²) in [5, 5.41) is 19.0. The van der Waals surface area contributed by atoms with Gasteiger partial charge < -0.3 is 9.32 Å². The van der Waals surface area contributed by atoms with Gasteiger partial charge in [0.2, 0.25) is 17.7 Å². The van der Waals surface area contributed by atoms with Crippen LogP contribution in [0.2, 0.25) is 0 Å². The topological polar surface area (TPSA) is 109 Å². The minimum absolute atomic E-state index is 0.0239. The van der Waals surface area contributed by atoms with Crippen LogP contribution in [0.15, 0.2) is 28.7 Å². The first-order chi connectivity index (χ1) is 14.6. The van der Waals surface area contributed by atoms with E-state index in [4.69, 9.17) is 4.42 Å². The minimum Gasteiger partial charge on any atom is -0.419 e. The molecule has 2 fully saturated rings. The SMILES string of the molecule is O=C(CN1CCCN(Cc2nnc(-c3ccc([N+](=O)[O-])cc3)o2)CC1)N1CCCC1. The van der Waals surface area contributed by atoms with Crippen molar-refractivity contribution in [1.29, 1.82) is 0 Å². The zero-order chi connectivity index (χ0) is 20.9. The van der Waals surface area contributed by atoms with Crippen LogP contribution < -0.4 is 0 Å². The number of carbonyl (C=O) groups is 1. The van der Waals surface area contributed by atoms with Gasteiger partial charge in [-0.05, 0) is 44.5 Å². The second-order valence-corrected chi connectivity index (χ2v) is 7.80. The average Bonchev–Trinajstić information content (AvgIpc) is 3.39. The Bertz CT molecular complexity index is 878. The molecule has 2 aliphatic rings. The smallest absolute Gasteiger partial charge is 0.269 e. The molecule has 0 bridgehead atoms. The van der Waals surface area contributed by atoms with Crippen LogP contribution in [0, 0.1) is 10.1 Å². The Kier molecular flexibility index (Phi) is 6.34. The molecule has 160 valence electrons. The van der Waals surface area contributed by atoms with Crippen molar-refractivity contribution in [2.45, 2.75) is 25.8 Å². The molecule has 0 aliphatic carbocycles. The molecule has 0 saturated carbocycles. The van der Waals surface area contributed by atoms with Gasteiger partial charge in [0, 0.05) is 43.9 Å². The van der Waals surface area contributed by atoms with Crippen LogP contribution in [0.3, 0.4) is 0 Å². The van der Waals surface area contributed by atoms with Gasteiger partial charge in [0.1, 0.15) is 0 Å². The zero-order valence-electron chi connectivity index (χ0n) is 16.9. The number of nitro groups is 1. The van der Waals surface area contributed by atoms with Gasteiger partial charge >= 0.3 is 0 Å². The average molecular weight is 414 g/mol. The van der Waals surface area contributed by atoms with Gasteiger partial charge in [-0.25, -0.2) is 0 Å². The molecule has 0 radical (unpaired) electrons. The molecule has 1 aromatic heterocycles. The molecule has 2 saturated heterocycles. The maximum atomic E-state index is 12.4. The Hall–Kier alpha value is -2.85. The van der Waals surface area contributed by atoms with Crippen molar-refractivity contribution in [3.8, 4) is 11.5 Å². The second kappa shape index (κ2) is 9.31. The third-order valence-corrected chi connectivity index (χ3v) is 5.65. The maximum absolute atomic E-state index is 12.4. The summed E-state index contributed by atoms with van der Waals surface area (Å²) in [4.78, 5) is 29.2. The van der Waals surface area contributed by atoms with E-state index in [1.165, 1.54) is 12.1 Å². The largest absolute Gasteiger partial charge is 0.419 e. The van der Waals surface area contributed by atoms with Crippen LogP contribution in [-0.2, 0) is 11.3 Å². The number of amides is 1. The van der Waals surface area contributed by atoms with Crippen molar-refractivity contribution in [2.75, 3.05) is 45.8 Å². The van der Waals surface area contributed by atoms with Crippen molar-refractivity contribution in [1.82, 2.24) is 24.9 Å². The number of nitrogens with zero attached hydrogens (tertiary/aromatic N) is 6. The van der Waals surface area contributed by atoms with Crippen LogP contribution in [0.25, 0.3) is 11.5 Å². The lowest BCUT2D eigenvalue weighted by Gasteiger charge is -2.23. The summed E-state index contributed by atoms with van der Waals surface area (Å²) >= 11 is 0. The summed E-state index contributed by atoms with van der Waals surface area (Å²) in [7, 11) is 0. The molecular formula is C20H26N6O4. The summed E-state index contributed by atoms with van der Waals surface area (Å²) in [6.45, 7) is 6.33. The lowest BCUT2D eigenvalue weighted by atomic mass is 10.2. The summed E-state index contributed by atoms with van der Waals surface area (Å²) in [5.74, 6) is 1.11. The van der Waals surface area contributed by atoms with Crippen LogP contribution in [0.5, 0.6) is 0 Å². The summed E-state index contributed by atoms with van der Waals surface area (Å²) < 4.78 is 5.76. The fourth-order valence-corrected chi connectivity index (χ4v) is 3.95. The highest BCUT2D eigenvalue weighted by atomic mass is 16.6. The van der Waals surface area contributed by atoms with Crippen molar-refractivity contribution >= 4 is 11.6 Å². The van der Waals surface area contributed by atoms with Gasteiger partial charge in [0.25, 0.3) is 5.69 Å². The molecule has 4 rings (SSSR count). The van der Waals surface area contributed by atoms with Gasteiger partial charge in [-0.2, -0.15) is 0 Å². The summed E-state index contributed by atoms with van der Waals surface area (Å²) in [6, 6.07) is 6.06. The standard InChI is InChI=1S/C20H26N6O4/c27-19(25-10-1-2-11-25)15-24-9-3-8-23(12-13-24)14-18-21-22-20(30-18)16-4-6-17(7-5-16)26(28)29/h4-7H,1-3,8-15H2. The lowest BCUT2D eigenvalue weighted by Crippen LogP contribution is -2.40. The molecule has 1 amide bonds. The number of hydrogen-bond acceptors (Lipinski definition) is 8. The van der Waals surface area contributed by atoms with E-state index in [-0.39, 0.29) is 11.6 Å². The number of benzene rings is 1. The highest BCUT2D eigenvalue weighted by Gasteiger charge is 2.23. The Balaban J connectivity index is 1.29. The molecule has 2 aliphatic heterocycles. The van der Waals surface area contributed by atoms with Gasteiger partial charge in [0.05, 0.1) is 18.0 Å². The van der Waals surface area contributed by atoms with Crippen LogP contribution in [0.4, 0.5) is 5.69 Å². The molecule has 1 aromatic carbocycles. The second-order valence-electron chi connectivity index (χ2n) is 7.80. The van der Waals surface area contributed by atoms with E-state index in [1.807, 2.05) is 4.90 Å². The number of likely N-dealkylation sites (tertiary alicyclic amines) is 1. The van der Waals surface area contributed by atoms with Crippen molar-refractivity contribution in [3.05, 3.63) is 40.3 Å². The van der Waals surface area contributed by atoms with E-state index >= 15 is 0 Å². The van der Waals surface area contributed by atoms with Crippen molar-refractivity contribution in [3.63, 3.8) is 0 Å². The Morgan fingerprint density at radius 1 is 0.967 bits per heavy atom. The molecule has 0 unspecified atom stereocenters. The number of hydrogen-bond donors (Lipinski definition) is 0. The monoisotopic (exact) mass is 414 g/mol. The number of non-ortho nitro benzene ring substituents is 1. The van der Waals surface area contributed by atoms with E-state index in [0.29, 0.717) is 30.4 Å². The summed E-state index contributed by atoms with van der Waals surface area (Å²) in [5.41, 5.74) is 0.678. The quantitative estimate of drug-likeness (QED) is 0.520. The van der Waals surface area contributed by atoms with Crippen molar-refractivity contribution in [2.24, 2.45) is 0 Å². The van der Waals surface area contributed by atoms with E-state index in [2.05, 4.69) is 20.0 Å². The Morgan fingerprint density at radius 3 is 2.40 bits per heavy atom. The molecule has 10 nitrogen and oxygen atoms in total. The minimum atomic E-state index is -0.440. The third kappa shape index (κ3) is 5.00. The molecule has 30 heavy (non-hydrogen) atoms. The predicted molar refractivity (Wildman–Crippen MR) is 109 cm³/mol. The fourth-order valence-electron chi connectivity index (χ4n) is 3.95. The predicted octanol–water partition coefficient (Wildman–Crippen LogP) is 1.77. The van der Waals surface area contributed by atoms with Gasteiger partial charge in [-0.1, -0.05) is 0 Å². The van der Waals surface area contributed by atoms with Gasteiger partial charge in [-0.15, -0.1) is 10.2 Å². The Labute approximate surface area is 174 Å². The Morgan fingerprint density at radius 2 is 1.67 bits per heavy atom. The molecule has 3 heterocycles. The van der Waals surface area contributed by atoms with E-state index < -0.39 is 4.92 Å². The lowest BCUT2D eigenvalue weighted by molar-refractivity contribution is -0.384. The number of carbonyl (C=O) groups excluding carboxylic acids is 1. The van der Waals surface area contributed by atoms with Crippen LogP contribution >= 0.6 is 0 Å². The van der Waals surface area contributed by atoms with Crippen LogP contribution in [-0.4, -0.2) is 81.5 Å². The number of rotatable bonds is 6. The first-order valence-electron chi connectivity index (χ1n) is 10.4. The molecule has 0 spiro atoms. The van der Waals surface area contributed by atoms with Gasteiger partial charge in [0.15, 0.2) is 0 Å². The molecule has 0 atom stereocenters. The highest BCUT2D eigenvalue weighted by Crippen LogP contribution is 2.22. The molecule has 10 heteroatoms. The zero-order valence-corrected chi connectivity index (χ0v) is 16.9. The summed E-state index contributed by atoms with van der Waals surface area (Å²) in [6.07, 6.45) is 3.22.